The summed E-state index contributed by atoms with van der Waals surface area (Å²) in [5.41, 5.74) is -0.176. The molecule has 0 atom stereocenters. The fourth-order valence-corrected chi connectivity index (χ4v) is 0.957. The molecule has 0 unspecified atom stereocenters. The Balaban J connectivity index is 3.00. The van der Waals surface area contributed by atoms with E-state index in [2.05, 4.69) is 6.58 Å². The van der Waals surface area contributed by atoms with Gasteiger partial charge in [-0.2, -0.15) is 13.2 Å². The fourth-order valence-electron chi connectivity index (χ4n) is 0.957. The van der Waals surface area contributed by atoms with Crippen LogP contribution in [0.3, 0.4) is 0 Å². The molecule has 0 aliphatic heterocycles. The maximum Gasteiger partial charge on any atom is 0.416 e. The molecule has 1 rings (SSSR count). The minimum Gasteiger partial charge on any atom is -0.300 e. The highest BCUT2D eigenvalue weighted by Crippen LogP contribution is 2.29. The van der Waals surface area contributed by atoms with E-state index in [1.807, 2.05) is 0 Å². The van der Waals surface area contributed by atoms with Crippen LogP contribution in [0, 0.1) is 5.41 Å². The van der Waals surface area contributed by atoms with Gasteiger partial charge in [0, 0.05) is 0 Å². The molecule has 0 spiro atoms. The van der Waals surface area contributed by atoms with Gasteiger partial charge in [-0.15, -0.1) is 0 Å². The summed E-state index contributed by atoms with van der Waals surface area (Å²) in [7, 11) is 0. The maximum atomic E-state index is 12.1. The van der Waals surface area contributed by atoms with Crippen molar-refractivity contribution < 1.29 is 13.2 Å². The topological polar surface area (TPSA) is 23.9 Å². The third kappa shape index (κ3) is 2.22. The molecule has 0 bridgehead atoms. The minimum atomic E-state index is -4.32. The number of benzene rings is 1. The van der Waals surface area contributed by atoms with Crippen LogP contribution >= 0.6 is 0 Å². The largest absolute Gasteiger partial charge is 0.416 e. The van der Waals surface area contributed by atoms with E-state index in [1.54, 1.807) is 0 Å². The summed E-state index contributed by atoms with van der Waals surface area (Å²) in [6, 6.07) is 4.42. The van der Waals surface area contributed by atoms with Crippen LogP contribution in [0.15, 0.2) is 36.9 Å². The Hall–Kier alpha value is -1.58. The van der Waals surface area contributed by atoms with Crippen molar-refractivity contribution in [3.8, 4) is 0 Å². The van der Waals surface area contributed by atoms with Crippen LogP contribution in [0.25, 0.3) is 0 Å². The number of allylic oxidation sites excluding steroid dienone is 1. The number of hydrogen-bond acceptors (Lipinski definition) is 1. The Kier molecular flexibility index (Phi) is 2.74. The number of nitrogens with one attached hydrogen (secondary N) is 1. The van der Waals surface area contributed by atoms with Crippen molar-refractivity contribution in [3.05, 3.63) is 48.0 Å². The SMILES string of the molecule is C=CC(=N)c1ccc(C(F)(F)F)cc1. The molecule has 4 heteroatoms. The average Bonchev–Trinajstić information content (AvgIpc) is 2.15. The van der Waals surface area contributed by atoms with Crippen molar-refractivity contribution in [1.82, 2.24) is 0 Å². The van der Waals surface area contributed by atoms with E-state index in [0.717, 1.165) is 12.1 Å². The van der Waals surface area contributed by atoms with Gasteiger partial charge in [0.15, 0.2) is 0 Å². The lowest BCUT2D eigenvalue weighted by Crippen LogP contribution is -2.05. The Morgan fingerprint density at radius 1 is 1.21 bits per heavy atom. The van der Waals surface area contributed by atoms with Crippen LogP contribution in [-0.2, 0) is 6.18 Å². The van der Waals surface area contributed by atoms with Crippen LogP contribution in [0.1, 0.15) is 11.1 Å². The first-order valence-corrected chi connectivity index (χ1v) is 3.84. The van der Waals surface area contributed by atoms with Crippen molar-refractivity contribution in [1.29, 1.82) is 5.41 Å². The summed E-state index contributed by atoms with van der Waals surface area (Å²) in [6.45, 7) is 3.36. The first kappa shape index (κ1) is 10.5. The summed E-state index contributed by atoms with van der Waals surface area (Å²) in [6.07, 6.45) is -3.04. The molecule has 0 heterocycles. The molecule has 1 N–H and O–H groups in total. The van der Waals surface area contributed by atoms with Gasteiger partial charge < -0.3 is 5.41 Å². The third-order valence-corrected chi connectivity index (χ3v) is 1.73. The van der Waals surface area contributed by atoms with Crippen molar-refractivity contribution in [2.45, 2.75) is 6.18 Å². The predicted molar refractivity (Wildman–Crippen MR) is 48.5 cm³/mol. The van der Waals surface area contributed by atoms with E-state index in [9.17, 15) is 13.2 Å². The molecule has 0 aromatic heterocycles. The summed E-state index contributed by atoms with van der Waals surface area (Å²) < 4.78 is 36.4. The second-order valence-corrected chi connectivity index (χ2v) is 2.69. The standard InChI is InChI=1S/C10H8F3N/c1-2-9(14)7-3-5-8(6-4-7)10(11,12)13/h2-6,14H,1H2. The lowest BCUT2D eigenvalue weighted by atomic mass is 10.1. The van der Waals surface area contributed by atoms with E-state index in [-0.39, 0.29) is 5.71 Å². The van der Waals surface area contributed by atoms with Crippen LogP contribution in [-0.4, -0.2) is 5.71 Å². The molecular weight excluding hydrogens is 191 g/mol. The van der Waals surface area contributed by atoms with Crippen molar-refractivity contribution in [2.24, 2.45) is 0 Å². The predicted octanol–water partition coefficient (Wildman–Crippen LogP) is 3.26. The summed E-state index contributed by atoms with van der Waals surface area (Å²) in [5.74, 6) is 0. The van der Waals surface area contributed by atoms with E-state index in [1.165, 1.54) is 18.2 Å². The van der Waals surface area contributed by atoms with Crippen LogP contribution in [0.2, 0.25) is 0 Å². The lowest BCUT2D eigenvalue weighted by molar-refractivity contribution is -0.137. The monoisotopic (exact) mass is 199 g/mol. The van der Waals surface area contributed by atoms with Gasteiger partial charge in [-0.1, -0.05) is 18.7 Å². The lowest BCUT2D eigenvalue weighted by Gasteiger charge is -2.06. The summed E-state index contributed by atoms with van der Waals surface area (Å²) in [4.78, 5) is 0. The van der Waals surface area contributed by atoms with Gasteiger partial charge >= 0.3 is 6.18 Å². The highest BCUT2D eigenvalue weighted by Gasteiger charge is 2.29. The van der Waals surface area contributed by atoms with E-state index in [4.69, 9.17) is 5.41 Å². The van der Waals surface area contributed by atoms with Gasteiger partial charge in [0.25, 0.3) is 0 Å². The van der Waals surface area contributed by atoms with Crippen molar-refractivity contribution in [3.63, 3.8) is 0 Å². The van der Waals surface area contributed by atoms with Crippen LogP contribution in [0.4, 0.5) is 13.2 Å². The Bertz CT molecular complexity index is 349. The van der Waals surface area contributed by atoms with E-state index >= 15 is 0 Å². The Morgan fingerprint density at radius 2 is 1.71 bits per heavy atom. The zero-order valence-electron chi connectivity index (χ0n) is 7.23. The minimum absolute atomic E-state index is 0.110. The molecule has 74 valence electrons. The first-order chi connectivity index (χ1) is 6.45. The summed E-state index contributed by atoms with van der Waals surface area (Å²) in [5, 5.41) is 7.31. The fraction of sp³-hybridized carbons (Fsp3) is 0.100. The molecule has 0 fully saturated rings. The second kappa shape index (κ2) is 3.65. The second-order valence-electron chi connectivity index (χ2n) is 2.69. The third-order valence-electron chi connectivity index (χ3n) is 1.73. The number of halogens is 3. The molecule has 14 heavy (non-hydrogen) atoms. The zero-order valence-corrected chi connectivity index (χ0v) is 7.23. The molecule has 1 aromatic rings. The van der Waals surface area contributed by atoms with E-state index < -0.39 is 11.7 Å². The first-order valence-electron chi connectivity index (χ1n) is 3.84. The number of hydrogen-bond donors (Lipinski definition) is 1. The van der Waals surface area contributed by atoms with Gasteiger partial charge in [-0.25, -0.2) is 0 Å². The van der Waals surface area contributed by atoms with Gasteiger partial charge in [-0.05, 0) is 23.8 Å². The average molecular weight is 199 g/mol. The van der Waals surface area contributed by atoms with Gasteiger partial charge in [0.05, 0.1) is 11.3 Å². The quantitative estimate of drug-likeness (QED) is 0.707. The van der Waals surface area contributed by atoms with Crippen LogP contribution < -0.4 is 0 Å². The van der Waals surface area contributed by atoms with Crippen molar-refractivity contribution >= 4 is 5.71 Å². The highest BCUT2D eigenvalue weighted by molar-refractivity contribution is 6.06. The smallest absolute Gasteiger partial charge is 0.300 e. The van der Waals surface area contributed by atoms with Gasteiger partial charge in [0.1, 0.15) is 0 Å². The molecule has 1 aromatic carbocycles. The van der Waals surface area contributed by atoms with Crippen molar-refractivity contribution in [2.75, 3.05) is 0 Å². The molecule has 0 amide bonds. The highest BCUT2D eigenvalue weighted by atomic mass is 19.4. The van der Waals surface area contributed by atoms with Gasteiger partial charge in [-0.3, -0.25) is 0 Å². The number of rotatable bonds is 2. The van der Waals surface area contributed by atoms with E-state index in [0.29, 0.717) is 5.56 Å². The maximum absolute atomic E-state index is 12.1. The summed E-state index contributed by atoms with van der Waals surface area (Å²) >= 11 is 0. The molecular formula is C10H8F3N. The molecule has 0 aliphatic carbocycles. The molecule has 0 saturated carbocycles. The van der Waals surface area contributed by atoms with Crippen LogP contribution in [0.5, 0.6) is 0 Å². The zero-order chi connectivity index (χ0) is 10.8. The Morgan fingerprint density at radius 3 is 2.07 bits per heavy atom. The molecule has 0 radical (unpaired) electrons. The Labute approximate surface area is 79.4 Å². The normalized spacial score (nSPS) is 11.1. The molecule has 1 nitrogen and oxygen atoms in total. The number of alkyl halides is 3. The van der Waals surface area contributed by atoms with Gasteiger partial charge in [0.2, 0.25) is 0 Å². The molecule has 0 saturated heterocycles. The molecule has 0 aliphatic rings.